The van der Waals surface area contributed by atoms with Gasteiger partial charge in [-0.3, -0.25) is 4.79 Å². The second-order valence-electron chi connectivity index (χ2n) is 3.69. The van der Waals surface area contributed by atoms with E-state index in [0.717, 1.165) is 0 Å². The summed E-state index contributed by atoms with van der Waals surface area (Å²) in [5.74, 6) is -0.901. The molecule has 5 atom stereocenters. The summed E-state index contributed by atoms with van der Waals surface area (Å²) in [6, 6.07) is 0. The third kappa shape index (κ3) is 8.24. The van der Waals surface area contributed by atoms with E-state index in [1.807, 2.05) is 0 Å². The fourth-order valence-electron chi connectivity index (χ4n) is 0.824. The molecule has 0 heterocycles. The first-order chi connectivity index (χ1) is 9.26. The second kappa shape index (κ2) is 11.8. The number of rotatable bonds is 8. The van der Waals surface area contributed by atoms with Gasteiger partial charge in [0.25, 0.3) is 0 Å². The normalized spacial score (nSPS) is 18.0. The van der Waals surface area contributed by atoms with Gasteiger partial charge in [0.1, 0.15) is 37.1 Å². The molecule has 0 amide bonds. The minimum atomic E-state index is -1.69. The lowest BCUT2D eigenvalue weighted by Crippen LogP contribution is -2.40. The fourth-order valence-corrected chi connectivity index (χ4v) is 0.824. The maximum atomic E-state index is 10.3. The second-order valence-corrected chi connectivity index (χ2v) is 3.69. The zero-order valence-corrected chi connectivity index (χ0v) is 10.5. The van der Waals surface area contributed by atoms with Crippen molar-refractivity contribution in [2.75, 3.05) is 19.8 Å². The molecule has 0 saturated carbocycles. The molecule has 10 nitrogen and oxygen atoms in total. The van der Waals surface area contributed by atoms with E-state index >= 15 is 0 Å². The van der Waals surface area contributed by atoms with E-state index in [2.05, 4.69) is 0 Å². The number of carbonyl (C=O) groups is 2. The first kappa shape index (κ1) is 21.3. The van der Waals surface area contributed by atoms with E-state index in [0.29, 0.717) is 0 Å². The van der Waals surface area contributed by atoms with Crippen molar-refractivity contribution in [3.05, 3.63) is 0 Å². The molecule has 0 saturated heterocycles. The molecule has 0 fully saturated rings. The molecule has 0 unspecified atom stereocenters. The summed E-state index contributed by atoms with van der Waals surface area (Å²) in [5, 5.41) is 67.7. The molecular formula is C10H20O10. The number of hydrogen-bond donors (Lipinski definition) is 8. The van der Waals surface area contributed by atoms with Gasteiger partial charge >= 0.3 is 0 Å². The molecule has 0 aromatic rings. The molecule has 0 bridgehead atoms. The Morgan fingerprint density at radius 1 is 0.900 bits per heavy atom. The molecule has 0 aliphatic carbocycles. The summed E-state index contributed by atoms with van der Waals surface area (Å²) in [5.41, 5.74) is 0. The Morgan fingerprint density at radius 2 is 1.35 bits per heavy atom. The molecule has 0 spiro atoms. The predicted octanol–water partition coefficient (Wildman–Crippen LogP) is -5.48. The van der Waals surface area contributed by atoms with Gasteiger partial charge in [-0.2, -0.15) is 0 Å². The van der Waals surface area contributed by atoms with E-state index < -0.39 is 56.1 Å². The minimum absolute atomic E-state index is 0.0869. The topological polar surface area (TPSA) is 196 Å². The number of carbonyl (C=O) groups excluding carboxylic acids is 2. The highest BCUT2D eigenvalue weighted by Gasteiger charge is 2.23. The zero-order chi connectivity index (χ0) is 16.3. The van der Waals surface area contributed by atoms with Crippen LogP contribution in [0.5, 0.6) is 0 Å². The molecule has 0 aliphatic heterocycles. The predicted molar refractivity (Wildman–Crippen MR) is 62.4 cm³/mol. The number of aldehydes is 1. The zero-order valence-electron chi connectivity index (χ0n) is 10.5. The van der Waals surface area contributed by atoms with E-state index in [-0.39, 0.29) is 6.29 Å². The van der Waals surface area contributed by atoms with Gasteiger partial charge in [-0.1, -0.05) is 0 Å². The van der Waals surface area contributed by atoms with Gasteiger partial charge in [0, 0.05) is 0 Å². The van der Waals surface area contributed by atoms with E-state index in [1.54, 1.807) is 0 Å². The van der Waals surface area contributed by atoms with Gasteiger partial charge in [0.05, 0.1) is 13.2 Å². The van der Waals surface area contributed by atoms with Crippen LogP contribution in [0, 0.1) is 0 Å². The Labute approximate surface area is 114 Å². The number of hydrogen-bond acceptors (Lipinski definition) is 10. The molecule has 0 aromatic heterocycles. The molecule has 0 aromatic carbocycles. The van der Waals surface area contributed by atoms with Crippen LogP contribution in [-0.2, 0) is 9.59 Å². The Hall–Kier alpha value is -0.980. The first-order valence-electron chi connectivity index (χ1n) is 5.47. The summed E-state index contributed by atoms with van der Waals surface area (Å²) in [7, 11) is 0. The van der Waals surface area contributed by atoms with Crippen molar-refractivity contribution >= 4 is 12.1 Å². The van der Waals surface area contributed by atoms with Crippen LogP contribution in [-0.4, -0.2) is 103 Å². The lowest BCUT2D eigenvalue weighted by molar-refractivity contribution is -0.137. The molecule has 0 rings (SSSR count). The highest BCUT2D eigenvalue weighted by atomic mass is 16.4. The number of ketones is 1. The minimum Gasteiger partial charge on any atom is -0.394 e. The maximum Gasteiger partial charge on any atom is 0.189 e. The molecular weight excluding hydrogens is 280 g/mol. The van der Waals surface area contributed by atoms with Crippen LogP contribution in [0.25, 0.3) is 0 Å². The quantitative estimate of drug-likeness (QED) is 0.200. The molecule has 120 valence electrons. The van der Waals surface area contributed by atoms with Crippen LogP contribution in [0.2, 0.25) is 0 Å². The highest BCUT2D eigenvalue weighted by molar-refractivity contribution is 5.84. The van der Waals surface area contributed by atoms with Crippen LogP contribution in [0.3, 0.4) is 0 Å². The van der Waals surface area contributed by atoms with Crippen LogP contribution in [0.1, 0.15) is 0 Å². The summed E-state index contributed by atoms with van der Waals surface area (Å²) < 4.78 is 0. The van der Waals surface area contributed by atoms with Gasteiger partial charge in [-0.15, -0.1) is 0 Å². The summed E-state index contributed by atoms with van der Waals surface area (Å²) >= 11 is 0. The van der Waals surface area contributed by atoms with Crippen molar-refractivity contribution in [1.29, 1.82) is 0 Å². The average Bonchev–Trinajstić information content (AvgIpc) is 2.50. The van der Waals surface area contributed by atoms with Crippen molar-refractivity contribution < 1.29 is 50.4 Å². The number of Topliss-reactive ketones (excluding diaryl/α,β-unsaturated/α-hetero) is 1. The highest BCUT2D eigenvalue weighted by Crippen LogP contribution is 1.96. The van der Waals surface area contributed by atoms with Crippen molar-refractivity contribution in [1.82, 2.24) is 0 Å². The first-order valence-corrected chi connectivity index (χ1v) is 5.47. The lowest BCUT2D eigenvalue weighted by atomic mass is 10.1. The summed E-state index contributed by atoms with van der Waals surface area (Å²) in [6.45, 7) is -2.23. The van der Waals surface area contributed by atoms with E-state index in [1.165, 1.54) is 0 Å². The van der Waals surface area contributed by atoms with Gasteiger partial charge in [-0.25, -0.2) is 0 Å². The lowest BCUT2D eigenvalue weighted by Gasteiger charge is -2.16. The Morgan fingerprint density at radius 3 is 1.65 bits per heavy atom. The molecule has 8 N–H and O–H groups in total. The SMILES string of the molecule is O=C(CO)[C@@H](O)[C@H](O)CO.O=C[C@H](O)[C@@H](O)[C@H](O)CO. The molecule has 10 heteroatoms. The smallest absolute Gasteiger partial charge is 0.189 e. The molecule has 20 heavy (non-hydrogen) atoms. The van der Waals surface area contributed by atoms with Crippen LogP contribution in [0.4, 0.5) is 0 Å². The van der Waals surface area contributed by atoms with Crippen LogP contribution in [0.15, 0.2) is 0 Å². The standard InChI is InChI=1S/2C5H10O5/c2*6-1-3(8)5(10)4(9)2-7/h3,5-8,10H,1-2H2;1,3-5,7-10H,2H2/t3-,5+;3-,4+,5+/m10/s1. The molecule has 0 aliphatic rings. The summed E-state index contributed by atoms with van der Waals surface area (Å²) in [4.78, 5) is 20.1. The van der Waals surface area contributed by atoms with Crippen molar-refractivity contribution in [2.45, 2.75) is 30.5 Å². The van der Waals surface area contributed by atoms with E-state index in [4.69, 9.17) is 40.9 Å². The largest absolute Gasteiger partial charge is 0.394 e. The number of aliphatic hydroxyl groups is 8. The van der Waals surface area contributed by atoms with E-state index in [9.17, 15) is 9.59 Å². The monoisotopic (exact) mass is 300 g/mol. The average molecular weight is 300 g/mol. The van der Waals surface area contributed by atoms with Gasteiger partial charge < -0.3 is 45.6 Å². The van der Waals surface area contributed by atoms with Gasteiger partial charge in [-0.05, 0) is 0 Å². The van der Waals surface area contributed by atoms with Crippen molar-refractivity contribution in [3.8, 4) is 0 Å². The molecule has 0 radical (unpaired) electrons. The third-order valence-electron chi connectivity index (χ3n) is 2.11. The van der Waals surface area contributed by atoms with Gasteiger partial charge in [0.15, 0.2) is 12.1 Å². The third-order valence-corrected chi connectivity index (χ3v) is 2.11. The van der Waals surface area contributed by atoms with Crippen molar-refractivity contribution in [3.63, 3.8) is 0 Å². The van der Waals surface area contributed by atoms with Crippen LogP contribution < -0.4 is 0 Å². The maximum absolute atomic E-state index is 10.3. The Balaban J connectivity index is 0. The number of aliphatic hydroxyl groups excluding tert-OH is 8. The Bertz CT molecular complexity index is 271. The Kier molecular flexibility index (Phi) is 12.6. The fraction of sp³-hybridized carbons (Fsp3) is 0.800. The van der Waals surface area contributed by atoms with Crippen LogP contribution >= 0.6 is 0 Å². The van der Waals surface area contributed by atoms with Gasteiger partial charge in [0.2, 0.25) is 0 Å². The van der Waals surface area contributed by atoms with Crippen molar-refractivity contribution in [2.24, 2.45) is 0 Å². The summed E-state index contributed by atoms with van der Waals surface area (Å²) in [6.07, 6.45) is -7.82.